The minimum absolute atomic E-state index is 0.234. The largest absolute Gasteiger partial charge is 0.497 e. The summed E-state index contributed by atoms with van der Waals surface area (Å²) in [5, 5.41) is 4.21. The molecule has 0 saturated heterocycles. The van der Waals surface area contributed by atoms with Crippen LogP contribution in [-0.2, 0) is 16.0 Å². The molecule has 0 spiro atoms. The van der Waals surface area contributed by atoms with Crippen LogP contribution in [0.1, 0.15) is 12.0 Å². The van der Waals surface area contributed by atoms with Gasteiger partial charge in [-0.05, 0) is 41.8 Å². The van der Waals surface area contributed by atoms with Gasteiger partial charge in [-0.15, -0.1) is 0 Å². The number of ether oxygens (including phenoxy) is 2. The van der Waals surface area contributed by atoms with E-state index in [2.05, 4.69) is 15.3 Å². The maximum atomic E-state index is 11.6. The molecule has 2 aromatic heterocycles. The Bertz CT molecular complexity index is 1490. The van der Waals surface area contributed by atoms with Crippen LogP contribution in [0.15, 0.2) is 89.6 Å². The Kier molecular flexibility index (Phi) is 6.62. The molecular weight excluding hydrogens is 454 g/mol. The Morgan fingerprint density at radius 2 is 1.72 bits per heavy atom. The van der Waals surface area contributed by atoms with Crippen LogP contribution in [0.4, 0.5) is 11.5 Å². The monoisotopic (exact) mass is 479 g/mol. The van der Waals surface area contributed by atoms with Gasteiger partial charge in [0.15, 0.2) is 0 Å². The molecule has 0 radical (unpaired) electrons. The molecule has 0 aliphatic heterocycles. The summed E-state index contributed by atoms with van der Waals surface area (Å²) >= 11 is 0. The SMILES string of the molecule is COC(=O)CCc1cccc(Nc2ncnc3oc(-c4ccccc4)c(-c4ccc(OC)cc4)c23)c1. The molecule has 180 valence electrons. The zero-order valence-corrected chi connectivity index (χ0v) is 20.0. The van der Waals surface area contributed by atoms with Gasteiger partial charge in [0, 0.05) is 23.2 Å². The van der Waals surface area contributed by atoms with E-state index >= 15 is 0 Å². The number of carbonyl (C=O) groups excluding carboxylic acids is 1. The van der Waals surface area contributed by atoms with Gasteiger partial charge in [-0.1, -0.05) is 54.6 Å². The predicted octanol–water partition coefficient (Wildman–Crippen LogP) is 6.41. The number of hydrogen-bond donors (Lipinski definition) is 1. The number of nitrogens with zero attached hydrogens (tertiary/aromatic N) is 2. The van der Waals surface area contributed by atoms with E-state index in [0.717, 1.165) is 39.1 Å². The lowest BCUT2D eigenvalue weighted by atomic mass is 9.99. The van der Waals surface area contributed by atoms with E-state index < -0.39 is 0 Å². The highest BCUT2D eigenvalue weighted by Gasteiger charge is 2.22. The van der Waals surface area contributed by atoms with Gasteiger partial charge in [-0.2, -0.15) is 0 Å². The van der Waals surface area contributed by atoms with Crippen molar-refractivity contribution in [1.82, 2.24) is 9.97 Å². The molecular formula is C29H25N3O4. The first kappa shape index (κ1) is 23.1. The lowest BCUT2D eigenvalue weighted by Gasteiger charge is -2.10. The topological polar surface area (TPSA) is 86.5 Å². The molecule has 3 aromatic carbocycles. The normalized spacial score (nSPS) is 10.8. The molecule has 0 atom stereocenters. The van der Waals surface area contributed by atoms with Crippen molar-refractivity contribution in [2.45, 2.75) is 12.8 Å². The van der Waals surface area contributed by atoms with E-state index in [9.17, 15) is 4.79 Å². The predicted molar refractivity (Wildman–Crippen MR) is 139 cm³/mol. The Morgan fingerprint density at radius 1 is 0.917 bits per heavy atom. The lowest BCUT2D eigenvalue weighted by molar-refractivity contribution is -0.140. The molecule has 0 amide bonds. The fourth-order valence-electron chi connectivity index (χ4n) is 4.14. The van der Waals surface area contributed by atoms with Crippen LogP contribution in [0.2, 0.25) is 0 Å². The molecule has 7 heteroatoms. The third kappa shape index (κ3) is 4.77. The number of furan rings is 1. The number of methoxy groups -OCH3 is 2. The van der Waals surface area contributed by atoms with Crippen molar-refractivity contribution in [3.05, 3.63) is 90.8 Å². The number of nitrogens with one attached hydrogen (secondary N) is 1. The highest BCUT2D eigenvalue weighted by molar-refractivity contribution is 6.06. The number of fused-ring (bicyclic) bond motifs is 1. The third-order valence-corrected chi connectivity index (χ3v) is 5.94. The zero-order chi connectivity index (χ0) is 24.9. The fourth-order valence-corrected chi connectivity index (χ4v) is 4.14. The van der Waals surface area contributed by atoms with Gasteiger partial charge in [0.1, 0.15) is 23.7 Å². The first-order chi connectivity index (χ1) is 17.7. The smallest absolute Gasteiger partial charge is 0.305 e. The van der Waals surface area contributed by atoms with Crippen LogP contribution in [-0.4, -0.2) is 30.2 Å². The van der Waals surface area contributed by atoms with Crippen molar-refractivity contribution in [1.29, 1.82) is 0 Å². The molecule has 5 rings (SSSR count). The number of aromatic nitrogens is 2. The standard InChI is InChI=1S/C29H25N3O4/c1-34-23-14-12-20(13-15-23)25-26-28(32-22-10-6-7-19(17-22)11-16-24(33)35-2)30-18-31-29(26)36-27(25)21-8-4-3-5-9-21/h3-10,12-15,17-18H,11,16H2,1-2H3,(H,30,31,32). The molecule has 0 aliphatic carbocycles. The summed E-state index contributed by atoms with van der Waals surface area (Å²) in [5.74, 6) is 1.88. The van der Waals surface area contributed by atoms with Crippen molar-refractivity contribution in [3.8, 4) is 28.2 Å². The minimum Gasteiger partial charge on any atom is -0.497 e. The first-order valence-corrected chi connectivity index (χ1v) is 11.6. The fraction of sp³-hybridized carbons (Fsp3) is 0.138. The first-order valence-electron chi connectivity index (χ1n) is 11.6. The second-order valence-electron chi connectivity index (χ2n) is 8.20. The van der Waals surface area contributed by atoms with E-state index in [1.165, 1.54) is 13.4 Å². The number of hydrogen-bond acceptors (Lipinski definition) is 7. The van der Waals surface area contributed by atoms with Gasteiger partial charge >= 0.3 is 5.97 Å². The minimum atomic E-state index is -0.234. The van der Waals surface area contributed by atoms with Crippen LogP contribution in [0.5, 0.6) is 5.75 Å². The van der Waals surface area contributed by atoms with Crippen LogP contribution >= 0.6 is 0 Å². The Hall–Kier alpha value is -4.65. The summed E-state index contributed by atoms with van der Waals surface area (Å²) in [6.45, 7) is 0. The number of carbonyl (C=O) groups is 1. The maximum absolute atomic E-state index is 11.6. The van der Waals surface area contributed by atoms with Gasteiger partial charge in [0.2, 0.25) is 5.71 Å². The van der Waals surface area contributed by atoms with Crippen molar-refractivity contribution < 1.29 is 18.7 Å². The van der Waals surface area contributed by atoms with E-state index in [1.54, 1.807) is 7.11 Å². The van der Waals surface area contributed by atoms with Crippen LogP contribution in [0.25, 0.3) is 33.6 Å². The molecule has 0 saturated carbocycles. The van der Waals surface area contributed by atoms with E-state index in [1.807, 2.05) is 78.9 Å². The van der Waals surface area contributed by atoms with E-state index in [0.29, 0.717) is 30.1 Å². The molecule has 5 aromatic rings. The number of benzene rings is 3. The van der Waals surface area contributed by atoms with Crippen molar-refractivity contribution in [2.75, 3.05) is 19.5 Å². The summed E-state index contributed by atoms with van der Waals surface area (Å²) in [6.07, 6.45) is 2.39. The molecule has 0 bridgehead atoms. The van der Waals surface area contributed by atoms with Crippen LogP contribution < -0.4 is 10.1 Å². The maximum Gasteiger partial charge on any atom is 0.305 e. The van der Waals surface area contributed by atoms with Gasteiger partial charge in [-0.25, -0.2) is 9.97 Å². The van der Waals surface area contributed by atoms with Crippen LogP contribution in [0.3, 0.4) is 0 Å². The molecule has 1 N–H and O–H groups in total. The molecule has 36 heavy (non-hydrogen) atoms. The van der Waals surface area contributed by atoms with Crippen molar-refractivity contribution in [2.24, 2.45) is 0 Å². The Balaban J connectivity index is 1.60. The number of rotatable bonds is 8. The average Bonchev–Trinajstić information content (AvgIpc) is 3.33. The number of esters is 1. The third-order valence-electron chi connectivity index (χ3n) is 5.94. The van der Waals surface area contributed by atoms with E-state index in [4.69, 9.17) is 13.9 Å². The summed E-state index contributed by atoms with van der Waals surface area (Å²) in [4.78, 5) is 20.6. The summed E-state index contributed by atoms with van der Waals surface area (Å²) in [7, 11) is 3.04. The van der Waals surface area contributed by atoms with Crippen molar-refractivity contribution >= 4 is 28.6 Å². The Morgan fingerprint density at radius 3 is 2.47 bits per heavy atom. The molecule has 0 aliphatic rings. The summed E-state index contributed by atoms with van der Waals surface area (Å²) in [5.41, 5.74) is 5.14. The highest BCUT2D eigenvalue weighted by atomic mass is 16.5. The second-order valence-corrected chi connectivity index (χ2v) is 8.20. The van der Waals surface area contributed by atoms with Crippen molar-refractivity contribution in [3.63, 3.8) is 0 Å². The second kappa shape index (κ2) is 10.3. The average molecular weight is 480 g/mol. The highest BCUT2D eigenvalue weighted by Crippen LogP contribution is 2.43. The molecule has 7 nitrogen and oxygen atoms in total. The summed E-state index contributed by atoms with van der Waals surface area (Å²) < 4.78 is 16.4. The molecule has 2 heterocycles. The molecule has 0 unspecified atom stereocenters. The van der Waals surface area contributed by atoms with Gasteiger partial charge in [-0.3, -0.25) is 4.79 Å². The number of anilines is 2. The Labute approximate surface area is 208 Å². The number of aryl methyl sites for hydroxylation is 1. The van der Waals surface area contributed by atoms with Crippen LogP contribution in [0, 0.1) is 0 Å². The quantitative estimate of drug-likeness (QED) is 0.257. The van der Waals surface area contributed by atoms with Gasteiger partial charge in [0.25, 0.3) is 0 Å². The molecule has 0 fully saturated rings. The lowest BCUT2D eigenvalue weighted by Crippen LogP contribution is -2.02. The van der Waals surface area contributed by atoms with E-state index in [-0.39, 0.29) is 5.97 Å². The summed E-state index contributed by atoms with van der Waals surface area (Å²) in [6, 6.07) is 25.7. The van der Waals surface area contributed by atoms with Gasteiger partial charge in [0.05, 0.1) is 19.6 Å². The zero-order valence-electron chi connectivity index (χ0n) is 20.0. The van der Waals surface area contributed by atoms with Gasteiger partial charge < -0.3 is 19.2 Å².